The minimum Gasteiger partial charge on any atom is -0.494 e. The largest absolute Gasteiger partial charge is 0.494 e. The second kappa shape index (κ2) is 6.28. The van der Waals surface area contributed by atoms with Crippen LogP contribution in [0.25, 0.3) is 0 Å². The summed E-state index contributed by atoms with van der Waals surface area (Å²) < 4.78 is 37.4. The van der Waals surface area contributed by atoms with Gasteiger partial charge in [0, 0.05) is 6.54 Å². The molecule has 1 heterocycles. The van der Waals surface area contributed by atoms with Gasteiger partial charge in [-0.1, -0.05) is 17.3 Å². The molecule has 114 valence electrons. The fourth-order valence-electron chi connectivity index (χ4n) is 2.02. The fraction of sp³-hybridized carbons (Fsp3) is 0.357. The molecule has 1 N–H and O–H groups in total. The summed E-state index contributed by atoms with van der Waals surface area (Å²) in [5, 5.41) is 3.66. The molecular formula is C14H18N2O4S. The van der Waals surface area contributed by atoms with E-state index >= 15 is 0 Å². The van der Waals surface area contributed by atoms with Crippen molar-refractivity contribution in [2.45, 2.75) is 32.2 Å². The van der Waals surface area contributed by atoms with Gasteiger partial charge in [0.05, 0.1) is 6.61 Å². The van der Waals surface area contributed by atoms with E-state index in [4.69, 9.17) is 9.26 Å². The Balaban J connectivity index is 2.14. The summed E-state index contributed by atoms with van der Waals surface area (Å²) in [7, 11) is -3.65. The molecule has 0 radical (unpaired) electrons. The fourth-order valence-corrected chi connectivity index (χ4v) is 3.36. The van der Waals surface area contributed by atoms with Crippen molar-refractivity contribution in [1.82, 2.24) is 9.88 Å². The topological polar surface area (TPSA) is 81.4 Å². The number of benzene rings is 1. The molecule has 0 saturated carbocycles. The van der Waals surface area contributed by atoms with E-state index in [-0.39, 0.29) is 17.2 Å². The van der Waals surface area contributed by atoms with E-state index in [1.807, 2.05) is 25.1 Å². The van der Waals surface area contributed by atoms with Crippen LogP contribution < -0.4 is 9.46 Å². The van der Waals surface area contributed by atoms with Crippen LogP contribution in [0, 0.1) is 13.8 Å². The summed E-state index contributed by atoms with van der Waals surface area (Å²) in [4.78, 5) is 0.100. The molecule has 6 nitrogen and oxygen atoms in total. The monoisotopic (exact) mass is 310 g/mol. The van der Waals surface area contributed by atoms with E-state index in [0.717, 1.165) is 5.56 Å². The second-order valence-electron chi connectivity index (χ2n) is 4.56. The molecule has 0 aliphatic heterocycles. The zero-order valence-electron chi connectivity index (χ0n) is 12.2. The standard InChI is InChI=1S/C14H18N2O4S/c1-4-19-13-7-5-6-12(8-13)9-15-21(17,18)14-10(2)16-20-11(14)3/h5-8,15H,4,9H2,1-3H3. The van der Waals surface area contributed by atoms with Crippen molar-refractivity contribution in [3.63, 3.8) is 0 Å². The maximum absolute atomic E-state index is 12.3. The van der Waals surface area contributed by atoms with Crippen LogP contribution in [0.1, 0.15) is 23.9 Å². The average Bonchev–Trinajstić information content (AvgIpc) is 2.78. The van der Waals surface area contributed by atoms with E-state index < -0.39 is 10.0 Å². The molecule has 0 unspecified atom stereocenters. The molecule has 0 amide bonds. The minimum atomic E-state index is -3.65. The van der Waals surface area contributed by atoms with Crippen molar-refractivity contribution < 1.29 is 17.7 Å². The molecule has 0 saturated heterocycles. The highest BCUT2D eigenvalue weighted by molar-refractivity contribution is 7.89. The number of aryl methyl sites for hydroxylation is 2. The van der Waals surface area contributed by atoms with Gasteiger partial charge in [0.1, 0.15) is 16.3 Å². The van der Waals surface area contributed by atoms with E-state index in [0.29, 0.717) is 18.1 Å². The number of ether oxygens (including phenoxy) is 1. The molecule has 0 spiro atoms. The van der Waals surface area contributed by atoms with Gasteiger partial charge < -0.3 is 9.26 Å². The van der Waals surface area contributed by atoms with Gasteiger partial charge in [-0.05, 0) is 38.5 Å². The van der Waals surface area contributed by atoms with Crippen LogP contribution in [0.15, 0.2) is 33.7 Å². The normalized spacial score (nSPS) is 11.6. The zero-order valence-corrected chi connectivity index (χ0v) is 13.0. The second-order valence-corrected chi connectivity index (χ2v) is 6.26. The molecular weight excluding hydrogens is 292 g/mol. The number of rotatable bonds is 6. The van der Waals surface area contributed by atoms with Gasteiger partial charge in [-0.25, -0.2) is 13.1 Å². The van der Waals surface area contributed by atoms with Crippen LogP contribution >= 0.6 is 0 Å². The Morgan fingerprint density at radius 3 is 2.71 bits per heavy atom. The van der Waals surface area contributed by atoms with Crippen molar-refractivity contribution in [2.24, 2.45) is 0 Å². The van der Waals surface area contributed by atoms with Crippen LogP contribution in [0.2, 0.25) is 0 Å². The van der Waals surface area contributed by atoms with Crippen LogP contribution in [-0.2, 0) is 16.6 Å². The lowest BCUT2D eigenvalue weighted by atomic mass is 10.2. The van der Waals surface area contributed by atoms with E-state index in [1.54, 1.807) is 19.9 Å². The van der Waals surface area contributed by atoms with Crippen LogP contribution in [-0.4, -0.2) is 20.2 Å². The first-order valence-electron chi connectivity index (χ1n) is 6.58. The number of aromatic nitrogens is 1. The number of nitrogens with zero attached hydrogens (tertiary/aromatic N) is 1. The molecule has 0 bridgehead atoms. The van der Waals surface area contributed by atoms with Gasteiger partial charge in [0.15, 0.2) is 5.76 Å². The Kier molecular flexibility index (Phi) is 4.64. The van der Waals surface area contributed by atoms with Gasteiger partial charge >= 0.3 is 0 Å². The van der Waals surface area contributed by atoms with Gasteiger partial charge in [-0.15, -0.1) is 0 Å². The summed E-state index contributed by atoms with van der Waals surface area (Å²) in [6.07, 6.45) is 0. The summed E-state index contributed by atoms with van der Waals surface area (Å²) in [5.41, 5.74) is 1.17. The Morgan fingerprint density at radius 1 is 1.33 bits per heavy atom. The number of hydrogen-bond acceptors (Lipinski definition) is 5. The number of hydrogen-bond donors (Lipinski definition) is 1. The predicted molar refractivity (Wildman–Crippen MR) is 77.6 cm³/mol. The van der Waals surface area contributed by atoms with E-state index in [9.17, 15) is 8.42 Å². The summed E-state index contributed by atoms with van der Waals surface area (Å²) in [6, 6.07) is 7.29. The number of nitrogens with one attached hydrogen (secondary N) is 1. The molecule has 1 aromatic carbocycles. The summed E-state index contributed by atoms with van der Waals surface area (Å²) in [6.45, 7) is 5.81. The lowest BCUT2D eigenvalue weighted by molar-refractivity contribution is 0.340. The van der Waals surface area contributed by atoms with Crippen molar-refractivity contribution in [1.29, 1.82) is 0 Å². The van der Waals surface area contributed by atoms with Crippen LogP contribution in [0.5, 0.6) is 5.75 Å². The van der Waals surface area contributed by atoms with Crippen LogP contribution in [0.4, 0.5) is 0 Å². The Labute approximate surface area is 124 Å². The maximum Gasteiger partial charge on any atom is 0.246 e. The molecule has 2 rings (SSSR count). The average molecular weight is 310 g/mol. The quantitative estimate of drug-likeness (QED) is 0.884. The van der Waals surface area contributed by atoms with Gasteiger partial charge in [0.25, 0.3) is 0 Å². The van der Waals surface area contributed by atoms with Crippen molar-refractivity contribution >= 4 is 10.0 Å². The summed E-state index contributed by atoms with van der Waals surface area (Å²) in [5.74, 6) is 0.995. The third kappa shape index (κ3) is 3.62. The molecule has 0 fully saturated rings. The van der Waals surface area contributed by atoms with Crippen molar-refractivity contribution in [2.75, 3.05) is 6.61 Å². The van der Waals surface area contributed by atoms with Crippen molar-refractivity contribution in [3.05, 3.63) is 41.3 Å². The highest BCUT2D eigenvalue weighted by atomic mass is 32.2. The third-order valence-corrected chi connectivity index (χ3v) is 4.56. The highest BCUT2D eigenvalue weighted by Crippen LogP contribution is 2.19. The van der Waals surface area contributed by atoms with E-state index in [1.165, 1.54) is 0 Å². The first-order chi connectivity index (χ1) is 9.94. The molecule has 7 heteroatoms. The lowest BCUT2D eigenvalue weighted by Crippen LogP contribution is -2.24. The first kappa shape index (κ1) is 15.5. The van der Waals surface area contributed by atoms with Gasteiger partial charge in [0.2, 0.25) is 10.0 Å². The van der Waals surface area contributed by atoms with Crippen molar-refractivity contribution in [3.8, 4) is 5.75 Å². The van der Waals surface area contributed by atoms with Crippen LogP contribution in [0.3, 0.4) is 0 Å². The van der Waals surface area contributed by atoms with Gasteiger partial charge in [-0.2, -0.15) is 0 Å². The molecule has 0 atom stereocenters. The molecule has 0 aliphatic rings. The molecule has 21 heavy (non-hydrogen) atoms. The minimum absolute atomic E-state index is 0.100. The molecule has 1 aromatic heterocycles. The zero-order chi connectivity index (χ0) is 15.5. The van der Waals surface area contributed by atoms with E-state index in [2.05, 4.69) is 9.88 Å². The Bertz CT molecular complexity index is 703. The molecule has 0 aliphatic carbocycles. The summed E-state index contributed by atoms with van der Waals surface area (Å²) >= 11 is 0. The predicted octanol–water partition coefficient (Wildman–Crippen LogP) is 2.17. The SMILES string of the molecule is CCOc1cccc(CNS(=O)(=O)c2c(C)noc2C)c1. The third-order valence-electron chi connectivity index (χ3n) is 2.91. The molecule has 2 aromatic rings. The maximum atomic E-state index is 12.3. The van der Waals surface area contributed by atoms with Gasteiger partial charge in [-0.3, -0.25) is 0 Å². The number of sulfonamides is 1. The Morgan fingerprint density at radius 2 is 2.10 bits per heavy atom. The Hall–Kier alpha value is -1.86. The lowest BCUT2D eigenvalue weighted by Gasteiger charge is -2.08. The first-order valence-corrected chi connectivity index (χ1v) is 8.06. The smallest absolute Gasteiger partial charge is 0.246 e. The highest BCUT2D eigenvalue weighted by Gasteiger charge is 2.23.